The Labute approximate surface area is 165 Å². The predicted octanol–water partition coefficient (Wildman–Crippen LogP) is 2.72. The number of nitro benzene ring substituents is 1. The third kappa shape index (κ3) is 3.04. The van der Waals surface area contributed by atoms with Crippen LogP contribution in [0.5, 0.6) is 5.75 Å². The second-order valence-corrected chi connectivity index (χ2v) is 6.66. The van der Waals surface area contributed by atoms with E-state index in [1.807, 2.05) is 19.0 Å². The lowest BCUT2D eigenvalue weighted by atomic mass is 9.98. The number of phenolic OH excluding ortho intramolecular Hbond substituents is 1. The first-order chi connectivity index (χ1) is 12.9. The van der Waals surface area contributed by atoms with Crippen LogP contribution in [0.1, 0.15) is 0 Å². The molecule has 0 saturated heterocycles. The molecule has 0 amide bonds. The normalized spacial score (nSPS) is 11.7. The fraction of sp³-hybridized carbons (Fsp3) is 0.222. The van der Waals surface area contributed by atoms with Crippen molar-refractivity contribution in [2.75, 3.05) is 26.0 Å². The van der Waals surface area contributed by atoms with Crippen molar-refractivity contribution in [3.05, 3.63) is 50.9 Å². The molecule has 0 unspecified atom stereocenters. The van der Waals surface area contributed by atoms with Crippen molar-refractivity contribution in [3.8, 4) is 17.0 Å². The van der Waals surface area contributed by atoms with E-state index >= 15 is 0 Å². The maximum Gasteiger partial charge on any atom is 0.348 e. The van der Waals surface area contributed by atoms with Gasteiger partial charge in [-0.25, -0.2) is 4.79 Å². The molecule has 0 aliphatic carbocycles. The lowest BCUT2D eigenvalue weighted by Gasteiger charge is -2.23. The molecule has 1 aromatic heterocycles. The molecule has 2 aromatic carbocycles. The highest BCUT2D eigenvalue weighted by Gasteiger charge is 2.28. The van der Waals surface area contributed by atoms with Gasteiger partial charge in [0, 0.05) is 30.4 Å². The van der Waals surface area contributed by atoms with Crippen molar-refractivity contribution in [2.45, 2.75) is 6.54 Å². The Kier molecular flexibility index (Phi) is 4.97. The molecule has 1 aliphatic rings. The Bertz CT molecular complexity index is 1160. The number of nitrogens with zero attached hydrogens (tertiary/aromatic N) is 4. The van der Waals surface area contributed by atoms with Crippen molar-refractivity contribution >= 4 is 40.4 Å². The molecular formula is C18H18ClN5O4. The van der Waals surface area contributed by atoms with Gasteiger partial charge >= 0.3 is 5.69 Å². The number of phenols is 1. The van der Waals surface area contributed by atoms with E-state index in [0.717, 1.165) is 0 Å². The Morgan fingerprint density at radius 1 is 1.29 bits per heavy atom. The maximum atomic E-state index is 12.7. The smallest absolute Gasteiger partial charge is 0.348 e. The van der Waals surface area contributed by atoms with Crippen molar-refractivity contribution in [1.82, 2.24) is 14.5 Å². The van der Waals surface area contributed by atoms with E-state index in [0.29, 0.717) is 46.6 Å². The van der Waals surface area contributed by atoms with Crippen LogP contribution in [0.4, 0.5) is 17.1 Å². The first-order valence-electron chi connectivity index (χ1n) is 8.34. The average Bonchev–Trinajstić information content (AvgIpc) is 2.61. The fourth-order valence-electron chi connectivity index (χ4n) is 3.32. The SMILES string of the molecule is CN(C)CCn1c(=O)nc2c3c(c([N+](=O)[O-])ccc31)Nc1ccc(O)cc1-2.Cl. The first kappa shape index (κ1) is 19.6. The summed E-state index contributed by atoms with van der Waals surface area (Å²) >= 11 is 0. The van der Waals surface area contributed by atoms with Crippen LogP contribution in [0, 0.1) is 10.1 Å². The Morgan fingerprint density at radius 2 is 2.04 bits per heavy atom. The number of aromatic nitrogens is 2. The van der Waals surface area contributed by atoms with E-state index in [-0.39, 0.29) is 23.8 Å². The molecule has 1 aliphatic heterocycles. The minimum absolute atomic E-state index is 0. The van der Waals surface area contributed by atoms with Crippen molar-refractivity contribution in [2.24, 2.45) is 0 Å². The molecular weight excluding hydrogens is 386 g/mol. The molecule has 0 spiro atoms. The molecule has 4 rings (SSSR count). The predicted molar refractivity (Wildman–Crippen MR) is 109 cm³/mol. The van der Waals surface area contributed by atoms with E-state index in [4.69, 9.17) is 0 Å². The van der Waals surface area contributed by atoms with Crippen LogP contribution in [-0.2, 0) is 6.54 Å². The Balaban J connectivity index is 0.00000225. The van der Waals surface area contributed by atoms with E-state index < -0.39 is 10.6 Å². The number of hydrogen-bond acceptors (Lipinski definition) is 7. The average molecular weight is 404 g/mol. The van der Waals surface area contributed by atoms with Crippen LogP contribution in [0.25, 0.3) is 22.2 Å². The molecule has 28 heavy (non-hydrogen) atoms. The second-order valence-electron chi connectivity index (χ2n) is 6.66. The zero-order valence-corrected chi connectivity index (χ0v) is 16.0. The standard InChI is InChI=1S/C18H17N5O4.ClH/c1-21(2)7-8-22-13-5-6-14(23(26)27)17-15(13)16(20-18(22)25)11-9-10(24)3-4-12(11)19-17;/h3-6,9,19,24H,7-8H2,1-2H3;1H. The summed E-state index contributed by atoms with van der Waals surface area (Å²) < 4.78 is 1.52. The van der Waals surface area contributed by atoms with Crippen LogP contribution in [0.15, 0.2) is 35.1 Å². The summed E-state index contributed by atoms with van der Waals surface area (Å²) in [5.41, 5.74) is 1.75. The number of nitrogens with one attached hydrogen (secondary N) is 1. The number of likely N-dealkylation sites (N-methyl/N-ethyl adjacent to an activating group) is 1. The number of hydrogen-bond donors (Lipinski definition) is 2. The van der Waals surface area contributed by atoms with Crippen LogP contribution in [0.3, 0.4) is 0 Å². The molecule has 0 radical (unpaired) electrons. The molecule has 0 fully saturated rings. The van der Waals surface area contributed by atoms with Gasteiger partial charge in [-0.1, -0.05) is 0 Å². The van der Waals surface area contributed by atoms with Gasteiger partial charge in [-0.3, -0.25) is 14.7 Å². The summed E-state index contributed by atoms with van der Waals surface area (Å²) in [5.74, 6) is 0.0242. The largest absolute Gasteiger partial charge is 0.508 e. The zero-order chi connectivity index (χ0) is 19.3. The number of fused-ring (bicyclic) bond motifs is 2. The molecule has 0 atom stereocenters. The Morgan fingerprint density at radius 3 is 2.71 bits per heavy atom. The third-order valence-corrected chi connectivity index (χ3v) is 4.61. The summed E-state index contributed by atoms with van der Waals surface area (Å²) in [7, 11) is 3.80. The minimum atomic E-state index is -0.466. The van der Waals surface area contributed by atoms with E-state index in [2.05, 4.69) is 10.3 Å². The number of benzene rings is 2. The highest BCUT2D eigenvalue weighted by Crippen LogP contribution is 2.46. The van der Waals surface area contributed by atoms with Gasteiger partial charge in [-0.05, 0) is 38.4 Å². The number of halogens is 1. The number of aromatic hydroxyl groups is 1. The van der Waals surface area contributed by atoms with Crippen LogP contribution in [0.2, 0.25) is 0 Å². The zero-order valence-electron chi connectivity index (χ0n) is 15.2. The molecule has 9 nitrogen and oxygen atoms in total. The van der Waals surface area contributed by atoms with Crippen molar-refractivity contribution in [1.29, 1.82) is 0 Å². The van der Waals surface area contributed by atoms with Gasteiger partial charge in [-0.15, -0.1) is 12.4 Å². The van der Waals surface area contributed by atoms with Gasteiger partial charge in [0.2, 0.25) is 0 Å². The van der Waals surface area contributed by atoms with Crippen molar-refractivity contribution < 1.29 is 10.0 Å². The van der Waals surface area contributed by atoms with Crippen LogP contribution >= 0.6 is 12.4 Å². The first-order valence-corrected chi connectivity index (χ1v) is 8.34. The van der Waals surface area contributed by atoms with Gasteiger partial charge in [0.05, 0.1) is 21.5 Å². The van der Waals surface area contributed by atoms with Gasteiger partial charge in [0.15, 0.2) is 0 Å². The van der Waals surface area contributed by atoms with Gasteiger partial charge < -0.3 is 15.3 Å². The molecule has 10 heteroatoms. The number of rotatable bonds is 4. The van der Waals surface area contributed by atoms with Gasteiger partial charge in [-0.2, -0.15) is 4.98 Å². The van der Waals surface area contributed by atoms with E-state index in [9.17, 15) is 20.0 Å². The highest BCUT2D eigenvalue weighted by atomic mass is 35.5. The summed E-state index contributed by atoms with van der Waals surface area (Å²) in [5, 5.41) is 24.9. The lowest BCUT2D eigenvalue weighted by molar-refractivity contribution is -0.383. The molecule has 0 saturated carbocycles. The Hall–Kier alpha value is -3.17. The second kappa shape index (κ2) is 7.10. The molecule has 3 aromatic rings. The molecule has 0 bridgehead atoms. The van der Waals surface area contributed by atoms with E-state index in [1.54, 1.807) is 12.1 Å². The van der Waals surface area contributed by atoms with Crippen LogP contribution in [-0.4, -0.2) is 45.1 Å². The number of nitro groups is 1. The summed E-state index contributed by atoms with van der Waals surface area (Å²) in [6, 6.07) is 7.55. The molecule has 2 N–H and O–H groups in total. The fourth-order valence-corrected chi connectivity index (χ4v) is 3.32. The minimum Gasteiger partial charge on any atom is -0.508 e. The monoisotopic (exact) mass is 403 g/mol. The summed E-state index contributed by atoms with van der Waals surface area (Å²) in [6.45, 7) is 1.02. The number of anilines is 2. The summed E-state index contributed by atoms with van der Waals surface area (Å²) in [4.78, 5) is 29.9. The molecule has 2 heterocycles. The van der Waals surface area contributed by atoms with Crippen molar-refractivity contribution in [3.63, 3.8) is 0 Å². The quantitative estimate of drug-likeness (QED) is 0.306. The van der Waals surface area contributed by atoms with E-state index in [1.165, 1.54) is 22.8 Å². The maximum absolute atomic E-state index is 12.7. The third-order valence-electron chi connectivity index (χ3n) is 4.61. The van der Waals surface area contributed by atoms with Gasteiger partial charge in [0.1, 0.15) is 11.4 Å². The highest BCUT2D eigenvalue weighted by molar-refractivity contribution is 6.11. The lowest BCUT2D eigenvalue weighted by Crippen LogP contribution is -2.29. The van der Waals surface area contributed by atoms with Gasteiger partial charge in [0.25, 0.3) is 5.69 Å². The topological polar surface area (TPSA) is 114 Å². The summed E-state index contributed by atoms with van der Waals surface area (Å²) in [6.07, 6.45) is 0. The molecule has 146 valence electrons. The van der Waals surface area contributed by atoms with Crippen LogP contribution < -0.4 is 11.0 Å².